The third kappa shape index (κ3) is 7.31. The van der Waals surface area contributed by atoms with Gasteiger partial charge in [0, 0.05) is 30.6 Å². The van der Waals surface area contributed by atoms with Crippen LogP contribution in [0.2, 0.25) is 0 Å². The number of hydrogen-bond donors (Lipinski definition) is 4. The molecule has 2 aromatic rings. The molecule has 0 unspecified atom stereocenters. The lowest BCUT2D eigenvalue weighted by Gasteiger charge is -2.23. The highest BCUT2D eigenvalue weighted by Gasteiger charge is 2.28. The van der Waals surface area contributed by atoms with Crippen molar-refractivity contribution in [2.24, 2.45) is 5.92 Å². The first-order valence-electron chi connectivity index (χ1n) is 10.9. The van der Waals surface area contributed by atoms with Crippen LogP contribution in [0.25, 0.3) is 10.9 Å². The monoisotopic (exact) mass is 430 g/mol. The van der Waals surface area contributed by atoms with Crippen LogP contribution in [0.5, 0.6) is 0 Å². The van der Waals surface area contributed by atoms with Crippen LogP contribution in [0.1, 0.15) is 45.6 Å². The van der Waals surface area contributed by atoms with E-state index in [9.17, 15) is 14.4 Å². The number of para-hydroxylation sites is 1. The average molecular weight is 431 g/mol. The van der Waals surface area contributed by atoms with Crippen molar-refractivity contribution in [1.29, 1.82) is 0 Å². The van der Waals surface area contributed by atoms with Crippen LogP contribution in [-0.4, -0.2) is 48.6 Å². The average Bonchev–Trinajstić information content (AvgIpc) is 3.15. The molecule has 3 amide bonds. The number of carbonyl (C=O) groups excluding carboxylic acids is 3. The van der Waals surface area contributed by atoms with Gasteiger partial charge in [-0.25, -0.2) is 4.79 Å². The van der Waals surface area contributed by atoms with E-state index in [4.69, 9.17) is 4.74 Å². The molecule has 8 heteroatoms. The molecule has 8 nitrogen and oxygen atoms in total. The van der Waals surface area contributed by atoms with Crippen molar-refractivity contribution >= 4 is 28.8 Å². The van der Waals surface area contributed by atoms with E-state index in [0.29, 0.717) is 19.4 Å². The third-order valence-electron chi connectivity index (χ3n) is 5.03. The maximum atomic E-state index is 13.0. The van der Waals surface area contributed by atoms with E-state index in [1.54, 1.807) is 0 Å². The number of rotatable bonds is 11. The summed E-state index contributed by atoms with van der Waals surface area (Å²) in [5, 5.41) is 9.07. The van der Waals surface area contributed by atoms with Crippen LogP contribution in [0, 0.1) is 5.92 Å². The zero-order valence-corrected chi connectivity index (χ0v) is 18.8. The van der Waals surface area contributed by atoms with Crippen LogP contribution < -0.4 is 16.0 Å². The summed E-state index contributed by atoms with van der Waals surface area (Å²) >= 11 is 0. The van der Waals surface area contributed by atoms with Gasteiger partial charge in [-0.05, 0) is 30.4 Å². The molecular formula is C23H34N4O4. The molecule has 4 N–H and O–H groups in total. The Morgan fingerprint density at radius 3 is 2.48 bits per heavy atom. The smallest absolute Gasteiger partial charge is 0.407 e. The summed E-state index contributed by atoms with van der Waals surface area (Å²) in [4.78, 5) is 40.8. The predicted molar refractivity (Wildman–Crippen MR) is 121 cm³/mol. The second-order valence-electron chi connectivity index (χ2n) is 8.05. The lowest BCUT2D eigenvalue weighted by molar-refractivity contribution is -0.129. The van der Waals surface area contributed by atoms with Crippen molar-refractivity contribution in [3.63, 3.8) is 0 Å². The first kappa shape index (κ1) is 24.2. The van der Waals surface area contributed by atoms with Gasteiger partial charge in [0.25, 0.3) is 0 Å². The minimum Gasteiger partial charge on any atom is -0.450 e. The molecule has 0 aliphatic carbocycles. The fourth-order valence-electron chi connectivity index (χ4n) is 3.37. The van der Waals surface area contributed by atoms with Gasteiger partial charge in [0.05, 0.1) is 6.61 Å². The number of fused-ring (bicyclic) bond motifs is 1. The highest BCUT2D eigenvalue weighted by atomic mass is 16.5. The Morgan fingerprint density at radius 2 is 1.81 bits per heavy atom. The van der Waals surface area contributed by atoms with Gasteiger partial charge in [-0.3, -0.25) is 9.59 Å². The van der Waals surface area contributed by atoms with Crippen molar-refractivity contribution < 1.29 is 19.1 Å². The summed E-state index contributed by atoms with van der Waals surface area (Å²) in [6.45, 7) is 6.24. The van der Waals surface area contributed by atoms with Gasteiger partial charge in [-0.15, -0.1) is 0 Å². The highest BCUT2D eigenvalue weighted by Crippen LogP contribution is 2.19. The van der Waals surface area contributed by atoms with Crippen LogP contribution in [0.3, 0.4) is 0 Å². The van der Waals surface area contributed by atoms with Crippen molar-refractivity contribution in [2.75, 3.05) is 13.7 Å². The zero-order valence-electron chi connectivity index (χ0n) is 18.8. The molecule has 2 atom stereocenters. The molecule has 0 saturated heterocycles. The Bertz CT molecular complexity index is 877. The standard InChI is InChI=1S/C23H34N4O4/c1-5-6-11-31-23(30)27-19(12-15(2)3)22(29)26-20(21(28)24-4)13-16-14-25-18-10-8-7-9-17(16)18/h7-10,14-15,19-20,25H,5-6,11-13H2,1-4H3,(H,24,28)(H,26,29)(H,27,30)/t19-,20-/m0/s1. The van der Waals surface area contributed by atoms with Gasteiger partial charge in [0.15, 0.2) is 0 Å². The third-order valence-corrected chi connectivity index (χ3v) is 5.03. The van der Waals surface area contributed by atoms with Crippen molar-refractivity contribution in [2.45, 2.75) is 58.5 Å². The Kier molecular flexibility index (Phi) is 9.37. The summed E-state index contributed by atoms with van der Waals surface area (Å²) < 4.78 is 5.14. The number of benzene rings is 1. The van der Waals surface area contributed by atoms with Crippen molar-refractivity contribution in [3.05, 3.63) is 36.0 Å². The first-order chi connectivity index (χ1) is 14.8. The number of likely N-dealkylation sites (N-methyl/N-ethyl adjacent to an activating group) is 1. The Morgan fingerprint density at radius 1 is 1.06 bits per heavy atom. The van der Waals surface area contributed by atoms with E-state index in [1.807, 2.05) is 51.2 Å². The van der Waals surface area contributed by atoms with Crippen molar-refractivity contribution in [3.8, 4) is 0 Å². The quantitative estimate of drug-likeness (QED) is 0.411. The first-order valence-corrected chi connectivity index (χ1v) is 10.9. The SMILES string of the molecule is CCCCOC(=O)N[C@@H](CC(C)C)C(=O)N[C@@H](Cc1c[nH]c2ccccc12)C(=O)NC. The summed E-state index contributed by atoms with van der Waals surface area (Å²) in [5.41, 5.74) is 1.89. The molecule has 0 aliphatic heterocycles. The van der Waals surface area contributed by atoms with Gasteiger partial charge in [0.2, 0.25) is 11.8 Å². The molecule has 1 aromatic heterocycles. The second-order valence-corrected chi connectivity index (χ2v) is 8.05. The molecule has 1 aromatic carbocycles. The molecule has 1 heterocycles. The van der Waals surface area contributed by atoms with E-state index in [2.05, 4.69) is 20.9 Å². The summed E-state index contributed by atoms with van der Waals surface area (Å²) in [7, 11) is 1.53. The number of unbranched alkanes of at least 4 members (excludes halogenated alkanes) is 1. The lowest BCUT2D eigenvalue weighted by Crippen LogP contribution is -2.54. The lowest BCUT2D eigenvalue weighted by atomic mass is 10.0. The number of hydrogen-bond acceptors (Lipinski definition) is 4. The molecule has 31 heavy (non-hydrogen) atoms. The fraction of sp³-hybridized carbons (Fsp3) is 0.522. The Balaban J connectivity index is 2.11. The molecule has 2 rings (SSSR count). The van der Waals surface area contributed by atoms with Crippen molar-refractivity contribution in [1.82, 2.24) is 20.9 Å². The van der Waals surface area contributed by atoms with E-state index in [0.717, 1.165) is 29.3 Å². The largest absolute Gasteiger partial charge is 0.450 e. The summed E-state index contributed by atoms with van der Waals surface area (Å²) in [6.07, 6.45) is 3.65. The number of alkyl carbamates (subject to hydrolysis) is 1. The normalized spacial score (nSPS) is 12.9. The van der Waals surface area contributed by atoms with E-state index >= 15 is 0 Å². The molecule has 170 valence electrons. The summed E-state index contributed by atoms with van der Waals surface area (Å²) in [5.74, 6) is -0.541. The molecular weight excluding hydrogens is 396 g/mol. The molecule has 0 spiro atoms. The number of aromatic amines is 1. The highest BCUT2D eigenvalue weighted by molar-refractivity contribution is 5.92. The number of nitrogens with one attached hydrogen (secondary N) is 4. The van der Waals surface area contributed by atoms with Gasteiger partial charge in [0.1, 0.15) is 12.1 Å². The number of ether oxygens (including phenoxy) is 1. The van der Waals surface area contributed by atoms with Gasteiger partial charge < -0.3 is 25.7 Å². The number of amides is 3. The fourth-order valence-corrected chi connectivity index (χ4v) is 3.37. The Hall–Kier alpha value is -3.03. The van der Waals surface area contributed by atoms with Crippen LogP contribution >= 0.6 is 0 Å². The number of aromatic nitrogens is 1. The maximum absolute atomic E-state index is 13.0. The predicted octanol–water partition coefficient (Wildman–Crippen LogP) is 2.88. The molecule has 0 radical (unpaired) electrons. The van der Waals surface area contributed by atoms with E-state index < -0.39 is 24.1 Å². The molecule has 0 bridgehead atoms. The summed E-state index contributed by atoms with van der Waals surface area (Å²) in [6, 6.07) is 6.23. The second kappa shape index (κ2) is 12.0. The topological polar surface area (TPSA) is 112 Å². The molecule has 0 fully saturated rings. The number of carbonyl (C=O) groups is 3. The van der Waals surface area contributed by atoms with Crippen LogP contribution in [-0.2, 0) is 20.7 Å². The van der Waals surface area contributed by atoms with Gasteiger partial charge >= 0.3 is 6.09 Å². The van der Waals surface area contributed by atoms with Gasteiger partial charge in [-0.2, -0.15) is 0 Å². The van der Waals surface area contributed by atoms with Crippen LogP contribution in [0.15, 0.2) is 30.5 Å². The number of H-pyrrole nitrogens is 1. The Labute approximate surface area is 183 Å². The molecule has 0 saturated carbocycles. The van der Waals surface area contributed by atoms with E-state index in [1.165, 1.54) is 7.05 Å². The zero-order chi connectivity index (χ0) is 22.8. The minimum absolute atomic E-state index is 0.166. The van der Waals surface area contributed by atoms with E-state index in [-0.39, 0.29) is 11.8 Å². The minimum atomic E-state index is -0.788. The molecule has 0 aliphatic rings. The van der Waals surface area contributed by atoms with Crippen LogP contribution in [0.4, 0.5) is 4.79 Å². The van der Waals surface area contributed by atoms with Gasteiger partial charge in [-0.1, -0.05) is 45.4 Å². The maximum Gasteiger partial charge on any atom is 0.407 e.